The Bertz CT molecular complexity index is 563. The molecule has 3 saturated heterocycles. The highest BCUT2D eigenvalue weighted by Crippen LogP contribution is 2.36. The van der Waals surface area contributed by atoms with Gasteiger partial charge in [-0.1, -0.05) is 0 Å². The fraction of sp³-hybridized carbons (Fsp3) is 0.900. The van der Waals surface area contributed by atoms with Gasteiger partial charge in [0.25, 0.3) is 0 Å². The number of amides is 1. The van der Waals surface area contributed by atoms with Gasteiger partial charge in [0, 0.05) is 70.8 Å². The molecule has 3 heterocycles. The summed E-state index contributed by atoms with van der Waals surface area (Å²) in [5, 5.41) is 6.64. The summed E-state index contributed by atoms with van der Waals surface area (Å²) in [6.45, 7) is 10.3. The number of likely N-dealkylation sites (tertiary alicyclic amines) is 2. The summed E-state index contributed by atoms with van der Waals surface area (Å²) >= 11 is 0. The average Bonchev–Trinajstić information content (AvgIpc) is 3.02. The zero-order valence-electron chi connectivity index (χ0n) is 17.9. The number of hydrogen-bond acceptors (Lipinski definition) is 4. The second-order valence-corrected chi connectivity index (χ2v) is 9.11. The van der Waals surface area contributed by atoms with Crippen LogP contribution in [-0.2, 0) is 9.53 Å². The Labute approximate surface area is 187 Å². The van der Waals surface area contributed by atoms with Crippen molar-refractivity contribution in [3.63, 3.8) is 0 Å². The van der Waals surface area contributed by atoms with E-state index >= 15 is 0 Å². The molecule has 1 amide bonds. The monoisotopic (exact) mass is 507 g/mol. The number of guanidine groups is 1. The van der Waals surface area contributed by atoms with Gasteiger partial charge < -0.3 is 20.3 Å². The van der Waals surface area contributed by atoms with Gasteiger partial charge in [-0.15, -0.1) is 24.0 Å². The maximum absolute atomic E-state index is 11.7. The van der Waals surface area contributed by atoms with E-state index in [1.54, 1.807) is 0 Å². The number of ether oxygens (including phenoxy) is 1. The van der Waals surface area contributed by atoms with Gasteiger partial charge in [-0.05, 0) is 39.5 Å². The Kier molecular flexibility index (Phi) is 8.39. The van der Waals surface area contributed by atoms with E-state index in [0.29, 0.717) is 12.5 Å². The lowest BCUT2D eigenvalue weighted by atomic mass is 9.79. The van der Waals surface area contributed by atoms with Gasteiger partial charge in [-0.3, -0.25) is 14.7 Å². The van der Waals surface area contributed by atoms with Crippen LogP contribution in [0.3, 0.4) is 0 Å². The first-order valence-electron chi connectivity index (χ1n) is 10.4. The molecule has 0 aromatic carbocycles. The first-order valence-corrected chi connectivity index (χ1v) is 10.4. The average molecular weight is 507 g/mol. The lowest BCUT2D eigenvalue weighted by molar-refractivity contribution is -0.119. The standard InChI is InChI=1S/C20H37N5O2.HI/c1-19(2,25-10-6-16(27-4)7-11-25)13-23-18(21-3)24-9-5-8-20(15-24)12-17(26)22-14-20;/h16H,5-15H2,1-4H3,(H,21,23)(H,22,26);1H. The number of nitrogens with one attached hydrogen (secondary N) is 2. The van der Waals surface area contributed by atoms with Crippen molar-refractivity contribution in [2.45, 2.75) is 57.6 Å². The van der Waals surface area contributed by atoms with E-state index in [2.05, 4.69) is 39.3 Å². The van der Waals surface area contributed by atoms with Gasteiger partial charge in [0.15, 0.2) is 5.96 Å². The number of rotatable bonds is 4. The van der Waals surface area contributed by atoms with E-state index < -0.39 is 0 Å². The van der Waals surface area contributed by atoms with Crippen molar-refractivity contribution in [1.29, 1.82) is 0 Å². The van der Waals surface area contributed by atoms with Gasteiger partial charge in [-0.2, -0.15) is 0 Å². The Hall–Kier alpha value is -0.610. The molecular formula is C20H38IN5O2. The number of methoxy groups -OCH3 is 1. The van der Waals surface area contributed by atoms with Crippen LogP contribution in [-0.4, -0.2) is 86.7 Å². The molecule has 3 rings (SSSR count). The smallest absolute Gasteiger partial charge is 0.220 e. The first kappa shape index (κ1) is 23.7. The molecule has 0 bridgehead atoms. The van der Waals surface area contributed by atoms with Crippen LogP contribution >= 0.6 is 24.0 Å². The second-order valence-electron chi connectivity index (χ2n) is 9.11. The predicted molar refractivity (Wildman–Crippen MR) is 123 cm³/mol. The summed E-state index contributed by atoms with van der Waals surface area (Å²) in [4.78, 5) is 21.2. The first-order chi connectivity index (χ1) is 12.9. The number of carbonyl (C=O) groups excluding carboxylic acids is 1. The molecule has 3 aliphatic heterocycles. The van der Waals surface area contributed by atoms with Crippen molar-refractivity contribution >= 4 is 35.8 Å². The van der Waals surface area contributed by atoms with Crippen molar-refractivity contribution in [3.05, 3.63) is 0 Å². The molecule has 0 aromatic rings. The predicted octanol–water partition coefficient (Wildman–Crippen LogP) is 1.67. The number of aliphatic imine (C=N–C) groups is 1. The van der Waals surface area contributed by atoms with Crippen molar-refractivity contribution in [2.75, 3.05) is 53.4 Å². The second kappa shape index (κ2) is 9.93. The molecule has 162 valence electrons. The van der Waals surface area contributed by atoms with Crippen LogP contribution in [0.5, 0.6) is 0 Å². The molecule has 3 aliphatic rings. The summed E-state index contributed by atoms with van der Waals surface area (Å²) in [7, 11) is 3.68. The fourth-order valence-corrected chi connectivity index (χ4v) is 4.87. The lowest BCUT2D eigenvalue weighted by Gasteiger charge is -2.44. The molecule has 0 aromatic heterocycles. The van der Waals surface area contributed by atoms with Gasteiger partial charge in [-0.25, -0.2) is 0 Å². The Morgan fingerprint density at radius 1 is 1.36 bits per heavy atom. The van der Waals surface area contributed by atoms with Crippen LogP contribution < -0.4 is 10.6 Å². The normalized spacial score (nSPS) is 27.6. The van der Waals surface area contributed by atoms with E-state index in [4.69, 9.17) is 4.74 Å². The van der Waals surface area contributed by atoms with E-state index in [0.717, 1.165) is 70.9 Å². The van der Waals surface area contributed by atoms with E-state index in [-0.39, 0.29) is 40.8 Å². The molecule has 0 aliphatic carbocycles. The SMILES string of the molecule is CN=C(NCC(C)(C)N1CCC(OC)CC1)N1CCCC2(CNC(=O)C2)C1.I. The Morgan fingerprint density at radius 2 is 2.07 bits per heavy atom. The molecule has 0 radical (unpaired) electrons. The minimum atomic E-state index is 0. The maximum atomic E-state index is 11.7. The topological polar surface area (TPSA) is 69.2 Å². The van der Waals surface area contributed by atoms with Crippen LogP contribution in [0.1, 0.15) is 46.0 Å². The third-order valence-corrected chi connectivity index (χ3v) is 6.68. The van der Waals surface area contributed by atoms with Crippen LogP contribution in [0.15, 0.2) is 4.99 Å². The third-order valence-electron chi connectivity index (χ3n) is 6.68. The Morgan fingerprint density at radius 3 is 2.64 bits per heavy atom. The van der Waals surface area contributed by atoms with Crippen molar-refractivity contribution < 1.29 is 9.53 Å². The number of carbonyl (C=O) groups is 1. The molecule has 1 atom stereocenters. The van der Waals surface area contributed by atoms with Crippen molar-refractivity contribution in [1.82, 2.24) is 20.4 Å². The van der Waals surface area contributed by atoms with Crippen LogP contribution in [0, 0.1) is 5.41 Å². The molecule has 3 fully saturated rings. The lowest BCUT2D eigenvalue weighted by Crippen LogP contribution is -2.58. The highest BCUT2D eigenvalue weighted by molar-refractivity contribution is 14.0. The highest BCUT2D eigenvalue weighted by atomic mass is 127. The zero-order valence-corrected chi connectivity index (χ0v) is 20.3. The van der Waals surface area contributed by atoms with Crippen LogP contribution in [0.25, 0.3) is 0 Å². The molecule has 1 unspecified atom stereocenters. The number of nitrogens with zero attached hydrogens (tertiary/aromatic N) is 3. The Balaban J connectivity index is 0.00000280. The summed E-state index contributed by atoms with van der Waals surface area (Å²) in [5.41, 5.74) is 0.150. The number of piperidine rings is 2. The van der Waals surface area contributed by atoms with E-state index in [1.165, 1.54) is 0 Å². The quantitative estimate of drug-likeness (QED) is 0.344. The largest absolute Gasteiger partial charge is 0.381 e. The van der Waals surface area contributed by atoms with E-state index in [1.807, 2.05) is 14.2 Å². The third kappa shape index (κ3) is 5.50. The fourth-order valence-electron chi connectivity index (χ4n) is 4.87. The van der Waals surface area contributed by atoms with Crippen molar-refractivity contribution in [3.8, 4) is 0 Å². The van der Waals surface area contributed by atoms with Gasteiger partial charge in [0.1, 0.15) is 0 Å². The summed E-state index contributed by atoms with van der Waals surface area (Å²) < 4.78 is 5.50. The summed E-state index contributed by atoms with van der Waals surface area (Å²) in [6.07, 6.45) is 5.50. The van der Waals surface area contributed by atoms with Gasteiger partial charge in [0.2, 0.25) is 5.91 Å². The zero-order chi connectivity index (χ0) is 19.5. The minimum absolute atomic E-state index is 0. The maximum Gasteiger partial charge on any atom is 0.220 e. The molecule has 7 nitrogen and oxygen atoms in total. The van der Waals surface area contributed by atoms with E-state index in [9.17, 15) is 4.79 Å². The molecule has 1 spiro atoms. The number of hydrogen-bond donors (Lipinski definition) is 2. The highest BCUT2D eigenvalue weighted by Gasteiger charge is 2.42. The molecule has 28 heavy (non-hydrogen) atoms. The molecule has 8 heteroatoms. The van der Waals surface area contributed by atoms with Crippen LogP contribution in [0.2, 0.25) is 0 Å². The summed E-state index contributed by atoms with van der Waals surface area (Å²) in [5.74, 6) is 1.16. The molecule has 2 N–H and O–H groups in total. The van der Waals surface area contributed by atoms with Gasteiger partial charge in [0.05, 0.1) is 6.10 Å². The van der Waals surface area contributed by atoms with Gasteiger partial charge >= 0.3 is 0 Å². The number of halogens is 1. The molecular weight excluding hydrogens is 469 g/mol. The van der Waals surface area contributed by atoms with Crippen LogP contribution in [0.4, 0.5) is 0 Å². The van der Waals surface area contributed by atoms with Crippen molar-refractivity contribution in [2.24, 2.45) is 10.4 Å². The summed E-state index contributed by atoms with van der Waals surface area (Å²) in [6, 6.07) is 0. The minimum Gasteiger partial charge on any atom is -0.381 e. The molecule has 0 saturated carbocycles.